The summed E-state index contributed by atoms with van der Waals surface area (Å²) >= 11 is 6.21. The molecule has 2 aromatic rings. The van der Waals surface area contributed by atoms with Gasteiger partial charge in [-0.3, -0.25) is 13.9 Å². The molecule has 0 spiro atoms. The van der Waals surface area contributed by atoms with E-state index in [1.54, 1.807) is 32.0 Å². The molecule has 0 aliphatic heterocycles. The molecule has 7 nitrogen and oxygen atoms in total. The third-order valence-corrected chi connectivity index (χ3v) is 7.33. The summed E-state index contributed by atoms with van der Waals surface area (Å²) in [6.45, 7) is 8.87. The van der Waals surface area contributed by atoms with Gasteiger partial charge in [-0.15, -0.1) is 0 Å². The highest BCUT2D eigenvalue weighted by molar-refractivity contribution is 7.92. The quantitative estimate of drug-likeness (QED) is 0.525. The third kappa shape index (κ3) is 7.21. The standard InChI is InChI=1S/C25H34ClN3O4S/c1-7-18(3)27-25(31)20(5)28(15-21-11-8-10-17(2)14-21)24(30)16-29(34(6,32)33)23-13-9-12-22(26)19(23)4/h8-14,18,20H,7,15-16H2,1-6H3,(H,27,31). The Morgan fingerprint density at radius 1 is 1.09 bits per heavy atom. The number of carbonyl (C=O) groups excluding carboxylic acids is 2. The largest absolute Gasteiger partial charge is 0.352 e. The second kappa shape index (κ2) is 11.7. The summed E-state index contributed by atoms with van der Waals surface area (Å²) in [6.07, 6.45) is 1.80. The second-order valence-corrected chi connectivity index (χ2v) is 11.0. The Morgan fingerprint density at radius 3 is 2.32 bits per heavy atom. The highest BCUT2D eigenvalue weighted by Gasteiger charge is 2.31. The highest BCUT2D eigenvalue weighted by Crippen LogP contribution is 2.28. The van der Waals surface area contributed by atoms with E-state index in [2.05, 4.69) is 5.32 Å². The van der Waals surface area contributed by atoms with Crippen molar-refractivity contribution in [2.75, 3.05) is 17.1 Å². The molecule has 1 N–H and O–H groups in total. The van der Waals surface area contributed by atoms with Gasteiger partial charge in [0.2, 0.25) is 21.8 Å². The Hall–Kier alpha value is -2.58. The van der Waals surface area contributed by atoms with Gasteiger partial charge in [0.1, 0.15) is 12.6 Å². The smallest absolute Gasteiger partial charge is 0.244 e. The maximum atomic E-state index is 13.6. The van der Waals surface area contributed by atoms with Crippen molar-refractivity contribution in [1.29, 1.82) is 0 Å². The first kappa shape index (κ1) is 27.7. The molecule has 0 saturated heterocycles. The Kier molecular flexibility index (Phi) is 9.53. The summed E-state index contributed by atoms with van der Waals surface area (Å²) in [7, 11) is -3.81. The van der Waals surface area contributed by atoms with Crippen molar-refractivity contribution < 1.29 is 18.0 Å². The molecule has 0 bridgehead atoms. The fourth-order valence-corrected chi connectivity index (χ4v) is 4.59. The predicted molar refractivity (Wildman–Crippen MR) is 137 cm³/mol. The Labute approximate surface area is 208 Å². The fraction of sp³-hybridized carbons (Fsp3) is 0.440. The van der Waals surface area contributed by atoms with Crippen LogP contribution in [0.15, 0.2) is 42.5 Å². The van der Waals surface area contributed by atoms with Gasteiger partial charge in [0.15, 0.2) is 0 Å². The molecule has 0 aliphatic rings. The van der Waals surface area contributed by atoms with Gasteiger partial charge in [-0.05, 0) is 57.4 Å². The van der Waals surface area contributed by atoms with Crippen molar-refractivity contribution in [1.82, 2.24) is 10.2 Å². The van der Waals surface area contributed by atoms with Gasteiger partial charge in [0.05, 0.1) is 11.9 Å². The summed E-state index contributed by atoms with van der Waals surface area (Å²) in [6, 6.07) is 11.7. The van der Waals surface area contributed by atoms with Gasteiger partial charge >= 0.3 is 0 Å². The van der Waals surface area contributed by atoms with E-state index >= 15 is 0 Å². The molecule has 186 valence electrons. The van der Waals surface area contributed by atoms with Crippen LogP contribution in [0.25, 0.3) is 0 Å². The highest BCUT2D eigenvalue weighted by atomic mass is 35.5. The number of hydrogen-bond acceptors (Lipinski definition) is 4. The van der Waals surface area contributed by atoms with E-state index in [4.69, 9.17) is 11.6 Å². The van der Waals surface area contributed by atoms with Crippen LogP contribution in [0.1, 0.15) is 43.9 Å². The topological polar surface area (TPSA) is 86.8 Å². The molecule has 2 atom stereocenters. The Morgan fingerprint density at radius 2 is 1.74 bits per heavy atom. The monoisotopic (exact) mass is 507 g/mol. The minimum absolute atomic E-state index is 0.0486. The number of rotatable bonds is 10. The maximum Gasteiger partial charge on any atom is 0.244 e. The van der Waals surface area contributed by atoms with Crippen LogP contribution in [0.3, 0.4) is 0 Å². The van der Waals surface area contributed by atoms with Gasteiger partial charge in [0.25, 0.3) is 0 Å². The van der Waals surface area contributed by atoms with Gasteiger partial charge in [-0.25, -0.2) is 8.42 Å². The number of carbonyl (C=O) groups is 2. The van der Waals surface area contributed by atoms with Crippen LogP contribution >= 0.6 is 11.6 Å². The van der Waals surface area contributed by atoms with Gasteiger partial charge in [0, 0.05) is 17.6 Å². The number of amides is 2. The van der Waals surface area contributed by atoms with E-state index in [1.165, 1.54) is 4.90 Å². The number of sulfonamides is 1. The third-order valence-electron chi connectivity index (χ3n) is 5.79. The van der Waals surface area contributed by atoms with Crippen LogP contribution in [-0.2, 0) is 26.2 Å². The van der Waals surface area contributed by atoms with E-state index in [0.29, 0.717) is 16.3 Å². The molecule has 0 saturated carbocycles. The number of hydrogen-bond donors (Lipinski definition) is 1. The summed E-state index contributed by atoms with van der Waals surface area (Å²) < 4.78 is 26.4. The van der Waals surface area contributed by atoms with Crippen molar-refractivity contribution >= 4 is 39.1 Å². The van der Waals surface area contributed by atoms with Crippen molar-refractivity contribution in [3.8, 4) is 0 Å². The predicted octanol–water partition coefficient (Wildman–Crippen LogP) is 4.05. The van der Waals surface area contributed by atoms with E-state index < -0.39 is 28.5 Å². The van der Waals surface area contributed by atoms with E-state index in [9.17, 15) is 18.0 Å². The molecule has 2 rings (SSSR count). The Balaban J connectivity index is 2.43. The average molecular weight is 508 g/mol. The van der Waals surface area contributed by atoms with Gasteiger partial charge in [-0.1, -0.05) is 54.4 Å². The van der Waals surface area contributed by atoms with Crippen LogP contribution in [0, 0.1) is 13.8 Å². The molecule has 2 aromatic carbocycles. The molecule has 34 heavy (non-hydrogen) atoms. The molecular formula is C25H34ClN3O4S. The number of nitrogens with zero attached hydrogens (tertiary/aromatic N) is 2. The van der Waals surface area contributed by atoms with Crippen molar-refractivity contribution in [3.05, 3.63) is 64.2 Å². The van der Waals surface area contributed by atoms with E-state index in [-0.39, 0.29) is 18.5 Å². The fourth-order valence-electron chi connectivity index (χ4n) is 3.52. The lowest BCUT2D eigenvalue weighted by Crippen LogP contribution is -2.52. The van der Waals surface area contributed by atoms with Crippen LogP contribution < -0.4 is 9.62 Å². The van der Waals surface area contributed by atoms with Crippen LogP contribution in [0.4, 0.5) is 5.69 Å². The molecule has 0 radical (unpaired) electrons. The second-order valence-electron chi connectivity index (χ2n) is 8.66. The summed E-state index contributed by atoms with van der Waals surface area (Å²) in [5.41, 5.74) is 2.75. The molecule has 0 heterocycles. The lowest BCUT2D eigenvalue weighted by Gasteiger charge is -2.32. The summed E-state index contributed by atoms with van der Waals surface area (Å²) in [5.74, 6) is -0.779. The van der Waals surface area contributed by atoms with Crippen molar-refractivity contribution in [3.63, 3.8) is 0 Å². The molecule has 0 fully saturated rings. The number of aryl methyl sites for hydroxylation is 1. The summed E-state index contributed by atoms with van der Waals surface area (Å²) in [4.78, 5) is 27.9. The number of halogens is 1. The first-order chi connectivity index (χ1) is 15.8. The van der Waals surface area contributed by atoms with Crippen LogP contribution in [0.5, 0.6) is 0 Å². The minimum Gasteiger partial charge on any atom is -0.352 e. The first-order valence-corrected chi connectivity index (χ1v) is 13.5. The first-order valence-electron chi connectivity index (χ1n) is 11.2. The molecule has 9 heteroatoms. The minimum atomic E-state index is -3.81. The zero-order chi connectivity index (χ0) is 25.6. The van der Waals surface area contributed by atoms with Crippen LogP contribution in [-0.4, -0.2) is 50.0 Å². The Bertz CT molecular complexity index is 1140. The number of nitrogens with one attached hydrogen (secondary N) is 1. The molecule has 2 amide bonds. The van der Waals surface area contributed by atoms with E-state index in [1.807, 2.05) is 45.0 Å². The molecular weight excluding hydrogens is 474 g/mol. The average Bonchev–Trinajstić information content (AvgIpc) is 2.76. The van der Waals surface area contributed by atoms with Gasteiger partial charge in [-0.2, -0.15) is 0 Å². The van der Waals surface area contributed by atoms with Crippen molar-refractivity contribution in [2.24, 2.45) is 0 Å². The van der Waals surface area contributed by atoms with Gasteiger partial charge < -0.3 is 10.2 Å². The number of benzene rings is 2. The normalized spacial score (nSPS) is 13.1. The maximum absolute atomic E-state index is 13.6. The van der Waals surface area contributed by atoms with E-state index in [0.717, 1.165) is 28.1 Å². The number of anilines is 1. The molecule has 2 unspecified atom stereocenters. The lowest BCUT2D eigenvalue weighted by atomic mass is 10.1. The zero-order valence-corrected chi connectivity index (χ0v) is 22.2. The SMILES string of the molecule is CCC(C)NC(=O)C(C)N(Cc1cccc(C)c1)C(=O)CN(c1cccc(Cl)c1C)S(C)(=O)=O. The van der Waals surface area contributed by atoms with Crippen molar-refractivity contribution in [2.45, 2.75) is 59.7 Å². The zero-order valence-electron chi connectivity index (χ0n) is 20.6. The van der Waals surface area contributed by atoms with Crippen LogP contribution in [0.2, 0.25) is 5.02 Å². The molecule has 0 aliphatic carbocycles. The summed E-state index contributed by atoms with van der Waals surface area (Å²) in [5, 5.41) is 3.31. The lowest BCUT2D eigenvalue weighted by molar-refractivity contribution is -0.139. The molecule has 0 aromatic heterocycles.